The molecule has 2 saturated carbocycles. The molecule has 4 fully saturated rings. The van der Waals surface area contributed by atoms with Crippen LogP contribution in [0.5, 0.6) is 0 Å². The molecule has 0 aromatic rings. The SMILES string of the molecule is COC1CCC(C2CNC(NC3CCCC(NC(=O)N4CCC(O)CC4)C3)NC2)CC1. The first kappa shape index (κ1) is 23.2. The van der Waals surface area contributed by atoms with Crippen LogP contribution in [0, 0.1) is 11.8 Å². The van der Waals surface area contributed by atoms with Gasteiger partial charge in [-0.1, -0.05) is 0 Å². The topological polar surface area (TPSA) is 97.9 Å². The lowest BCUT2D eigenvalue weighted by Gasteiger charge is -2.41. The molecule has 2 saturated heterocycles. The third-order valence-electron chi connectivity index (χ3n) is 8.04. The number of urea groups is 1. The number of amides is 2. The van der Waals surface area contributed by atoms with Gasteiger partial charge in [-0.2, -0.15) is 0 Å². The highest BCUT2D eigenvalue weighted by atomic mass is 16.5. The van der Waals surface area contributed by atoms with E-state index in [1.165, 1.54) is 25.7 Å². The minimum Gasteiger partial charge on any atom is -0.393 e. The Labute approximate surface area is 187 Å². The first-order chi connectivity index (χ1) is 15.1. The predicted molar refractivity (Wildman–Crippen MR) is 121 cm³/mol. The average Bonchev–Trinajstić information content (AvgIpc) is 2.80. The van der Waals surface area contributed by atoms with E-state index in [0.717, 1.165) is 44.7 Å². The summed E-state index contributed by atoms with van der Waals surface area (Å²) in [4.78, 5) is 14.4. The summed E-state index contributed by atoms with van der Waals surface area (Å²) in [6.45, 7) is 3.46. The van der Waals surface area contributed by atoms with E-state index in [2.05, 4.69) is 21.3 Å². The fourth-order valence-corrected chi connectivity index (χ4v) is 5.97. The standard InChI is InChI=1S/C23H43N5O3/c1-31-21-7-5-16(6-8-21)17-14-24-22(25-15-17)26-18-3-2-4-19(13-18)27-23(30)28-11-9-20(29)10-12-28/h16-22,24-26,29H,2-15H2,1H3,(H,27,30). The lowest BCUT2D eigenvalue weighted by atomic mass is 9.78. The van der Waals surface area contributed by atoms with Crippen LogP contribution in [0.25, 0.3) is 0 Å². The van der Waals surface area contributed by atoms with Crippen LogP contribution >= 0.6 is 0 Å². The number of hydrogen-bond acceptors (Lipinski definition) is 6. The van der Waals surface area contributed by atoms with Crippen LogP contribution in [0.3, 0.4) is 0 Å². The molecule has 0 aromatic carbocycles. The van der Waals surface area contributed by atoms with Crippen LogP contribution in [0.1, 0.15) is 64.2 Å². The van der Waals surface area contributed by atoms with Crippen molar-refractivity contribution in [3.05, 3.63) is 0 Å². The van der Waals surface area contributed by atoms with Gasteiger partial charge in [-0.3, -0.25) is 16.0 Å². The highest BCUT2D eigenvalue weighted by Gasteiger charge is 2.32. The number of likely N-dealkylation sites (tertiary alicyclic amines) is 1. The number of aliphatic hydroxyl groups excluding tert-OH is 1. The molecular formula is C23H43N5O3. The molecule has 8 nitrogen and oxygen atoms in total. The van der Waals surface area contributed by atoms with E-state index in [4.69, 9.17) is 4.74 Å². The number of aliphatic hydroxyl groups is 1. The third-order valence-corrected chi connectivity index (χ3v) is 8.04. The van der Waals surface area contributed by atoms with Gasteiger partial charge in [0.2, 0.25) is 0 Å². The van der Waals surface area contributed by atoms with E-state index in [9.17, 15) is 9.90 Å². The van der Waals surface area contributed by atoms with Gasteiger partial charge in [-0.05, 0) is 76.0 Å². The number of carbonyl (C=O) groups excluding carboxylic acids is 1. The van der Waals surface area contributed by atoms with E-state index in [-0.39, 0.29) is 24.5 Å². The molecule has 2 amide bonds. The Morgan fingerprint density at radius 2 is 1.61 bits per heavy atom. The molecule has 5 N–H and O–H groups in total. The molecule has 31 heavy (non-hydrogen) atoms. The zero-order valence-corrected chi connectivity index (χ0v) is 19.2. The van der Waals surface area contributed by atoms with Gasteiger partial charge >= 0.3 is 6.03 Å². The van der Waals surface area contributed by atoms with Crippen LogP contribution in [0.2, 0.25) is 0 Å². The molecule has 4 rings (SSSR count). The maximum atomic E-state index is 12.6. The van der Waals surface area contributed by atoms with Crippen molar-refractivity contribution in [1.29, 1.82) is 0 Å². The Kier molecular flexibility index (Phi) is 8.45. The summed E-state index contributed by atoms with van der Waals surface area (Å²) in [6.07, 6.45) is 11.1. The van der Waals surface area contributed by atoms with Crippen molar-refractivity contribution in [1.82, 2.24) is 26.2 Å². The van der Waals surface area contributed by atoms with Gasteiger partial charge in [-0.15, -0.1) is 0 Å². The second-order valence-corrected chi connectivity index (χ2v) is 10.2. The minimum absolute atomic E-state index is 0.0394. The Morgan fingerprint density at radius 3 is 2.29 bits per heavy atom. The molecule has 8 heteroatoms. The maximum absolute atomic E-state index is 12.6. The minimum atomic E-state index is -0.247. The monoisotopic (exact) mass is 437 g/mol. The average molecular weight is 438 g/mol. The summed E-state index contributed by atoms with van der Waals surface area (Å²) in [7, 11) is 1.84. The van der Waals surface area contributed by atoms with Gasteiger partial charge in [0.25, 0.3) is 0 Å². The Hall–Kier alpha value is -0.930. The van der Waals surface area contributed by atoms with Gasteiger partial charge in [0.05, 0.1) is 12.2 Å². The van der Waals surface area contributed by atoms with Crippen LogP contribution in [-0.2, 0) is 4.74 Å². The lowest BCUT2D eigenvalue weighted by molar-refractivity contribution is 0.0414. The zero-order chi connectivity index (χ0) is 21.6. The summed E-state index contributed by atoms with van der Waals surface area (Å²) in [5.41, 5.74) is 0. The molecular weight excluding hydrogens is 394 g/mol. The van der Waals surface area contributed by atoms with Crippen molar-refractivity contribution in [3.63, 3.8) is 0 Å². The lowest BCUT2D eigenvalue weighted by Crippen LogP contribution is -2.63. The molecule has 178 valence electrons. The predicted octanol–water partition coefficient (Wildman–Crippen LogP) is 1.35. The van der Waals surface area contributed by atoms with Crippen LogP contribution in [-0.4, -0.2) is 79.9 Å². The largest absolute Gasteiger partial charge is 0.393 e. The van der Waals surface area contributed by atoms with Gasteiger partial charge in [0.1, 0.15) is 6.29 Å². The van der Waals surface area contributed by atoms with Crippen molar-refractivity contribution in [2.45, 2.75) is 94.8 Å². The van der Waals surface area contributed by atoms with Crippen molar-refractivity contribution >= 4 is 6.03 Å². The number of methoxy groups -OCH3 is 1. The Balaban J connectivity index is 1.15. The highest BCUT2D eigenvalue weighted by Crippen LogP contribution is 2.31. The molecule has 2 aliphatic carbocycles. The second-order valence-electron chi connectivity index (χ2n) is 10.2. The molecule has 0 spiro atoms. The van der Waals surface area contributed by atoms with E-state index in [1.807, 2.05) is 12.0 Å². The van der Waals surface area contributed by atoms with Crippen LogP contribution < -0.4 is 21.3 Å². The summed E-state index contributed by atoms with van der Waals surface area (Å²) < 4.78 is 5.52. The smallest absolute Gasteiger partial charge is 0.317 e. The fraction of sp³-hybridized carbons (Fsp3) is 0.957. The third kappa shape index (κ3) is 6.54. The number of ether oxygens (including phenoxy) is 1. The number of nitrogens with zero attached hydrogens (tertiary/aromatic N) is 1. The van der Waals surface area contributed by atoms with Gasteiger partial charge in [0.15, 0.2) is 0 Å². The summed E-state index contributed by atoms with van der Waals surface area (Å²) in [5, 5.41) is 24.0. The summed E-state index contributed by atoms with van der Waals surface area (Å²) >= 11 is 0. The van der Waals surface area contributed by atoms with Crippen LogP contribution in [0.15, 0.2) is 0 Å². The van der Waals surface area contributed by atoms with E-state index in [0.29, 0.717) is 44.0 Å². The maximum Gasteiger partial charge on any atom is 0.317 e. The van der Waals surface area contributed by atoms with Crippen molar-refractivity contribution in [3.8, 4) is 0 Å². The first-order valence-corrected chi connectivity index (χ1v) is 12.6. The van der Waals surface area contributed by atoms with Crippen molar-refractivity contribution < 1.29 is 14.6 Å². The van der Waals surface area contributed by atoms with Crippen molar-refractivity contribution in [2.75, 3.05) is 33.3 Å². The molecule has 2 unspecified atom stereocenters. The number of rotatable bonds is 5. The van der Waals surface area contributed by atoms with Gasteiger partial charge in [0, 0.05) is 45.4 Å². The molecule has 0 aromatic heterocycles. The second kappa shape index (κ2) is 11.3. The number of hydrogen-bond donors (Lipinski definition) is 5. The number of carbonyl (C=O) groups is 1. The van der Waals surface area contributed by atoms with Gasteiger partial charge < -0.3 is 20.1 Å². The number of piperidine rings is 1. The number of nitrogens with one attached hydrogen (secondary N) is 4. The van der Waals surface area contributed by atoms with Crippen molar-refractivity contribution in [2.24, 2.45) is 11.8 Å². The first-order valence-electron chi connectivity index (χ1n) is 12.6. The quantitative estimate of drug-likeness (QED) is 0.446. The summed E-state index contributed by atoms with van der Waals surface area (Å²) in [5.74, 6) is 1.51. The molecule has 0 radical (unpaired) electrons. The molecule has 4 aliphatic rings. The Morgan fingerprint density at radius 1 is 0.935 bits per heavy atom. The molecule has 0 bridgehead atoms. The van der Waals surface area contributed by atoms with E-state index in [1.54, 1.807) is 0 Å². The summed E-state index contributed by atoms with van der Waals surface area (Å²) in [6, 6.07) is 0.691. The Bertz CT molecular complexity index is 555. The van der Waals surface area contributed by atoms with E-state index >= 15 is 0 Å². The zero-order valence-electron chi connectivity index (χ0n) is 19.2. The molecule has 2 atom stereocenters. The normalized spacial score (nSPS) is 38.1. The van der Waals surface area contributed by atoms with Gasteiger partial charge in [-0.25, -0.2) is 4.79 Å². The molecule has 2 heterocycles. The van der Waals surface area contributed by atoms with Crippen LogP contribution in [0.4, 0.5) is 4.79 Å². The van der Waals surface area contributed by atoms with E-state index < -0.39 is 0 Å². The molecule has 2 aliphatic heterocycles. The highest BCUT2D eigenvalue weighted by molar-refractivity contribution is 5.74. The fourth-order valence-electron chi connectivity index (χ4n) is 5.97.